The molecular formula is C36H38BrN5O2Si. The summed E-state index contributed by atoms with van der Waals surface area (Å²) in [5.41, 5.74) is 3.79. The molecule has 0 amide bonds. The number of fused-ring (bicyclic) bond motifs is 3. The number of hydrogen-bond acceptors (Lipinski definition) is 5. The monoisotopic (exact) mass is 679 g/mol. The first-order valence-corrected chi connectivity index (χ1v) is 17.8. The second-order valence-corrected chi connectivity index (χ2v) is 17.8. The van der Waals surface area contributed by atoms with Crippen LogP contribution in [0.25, 0.3) is 27.6 Å². The molecule has 0 radical (unpaired) electrons. The van der Waals surface area contributed by atoms with E-state index in [1.54, 1.807) is 22.4 Å². The van der Waals surface area contributed by atoms with Gasteiger partial charge in [0.1, 0.15) is 5.82 Å². The van der Waals surface area contributed by atoms with E-state index in [4.69, 9.17) is 9.41 Å². The Balaban J connectivity index is 1.31. The molecule has 9 heteroatoms. The first kappa shape index (κ1) is 31.0. The van der Waals surface area contributed by atoms with Crippen molar-refractivity contribution >= 4 is 62.4 Å². The summed E-state index contributed by atoms with van der Waals surface area (Å²) in [6.07, 6.45) is 1.76. The van der Waals surface area contributed by atoms with Crippen LogP contribution in [0.15, 0.2) is 106 Å². The largest absolute Gasteiger partial charge is 0.406 e. The van der Waals surface area contributed by atoms with Gasteiger partial charge in [-0.3, -0.25) is 14.1 Å². The molecule has 6 rings (SSSR count). The van der Waals surface area contributed by atoms with Crippen molar-refractivity contribution in [1.29, 1.82) is 0 Å². The molecule has 0 fully saturated rings. The molecule has 3 aromatic heterocycles. The fourth-order valence-electron chi connectivity index (χ4n) is 6.39. The number of imidazole rings is 1. The third kappa shape index (κ3) is 5.43. The minimum Gasteiger partial charge on any atom is -0.406 e. The van der Waals surface area contributed by atoms with Crippen molar-refractivity contribution in [2.24, 2.45) is 7.05 Å². The molecule has 0 bridgehead atoms. The van der Waals surface area contributed by atoms with Gasteiger partial charge in [0.05, 0.1) is 40.7 Å². The van der Waals surface area contributed by atoms with Crippen molar-refractivity contribution in [3.63, 3.8) is 0 Å². The number of pyridine rings is 2. The van der Waals surface area contributed by atoms with Gasteiger partial charge in [0, 0.05) is 30.5 Å². The standard InChI is InChI=1S/C36H38BrN5O2Si/c1-25-31(42-34-29-23-26(37)17-18-30(29)38-24-32(34)41(6)35(42)43)19-20-33(39-25)40(5)21-22-44-45(36(2,3)4,27-13-9-7-10-14-27)28-15-11-8-12-16-28/h7-20,23-24H,21-22H2,1-6H3. The first-order chi connectivity index (χ1) is 21.5. The van der Waals surface area contributed by atoms with Gasteiger partial charge in [-0.15, -0.1) is 0 Å². The van der Waals surface area contributed by atoms with Gasteiger partial charge in [0.25, 0.3) is 8.32 Å². The van der Waals surface area contributed by atoms with E-state index in [2.05, 4.69) is 107 Å². The van der Waals surface area contributed by atoms with Crippen molar-refractivity contribution in [3.8, 4) is 5.69 Å². The molecule has 0 aliphatic heterocycles. The van der Waals surface area contributed by atoms with E-state index < -0.39 is 8.32 Å². The highest BCUT2D eigenvalue weighted by Crippen LogP contribution is 2.37. The molecule has 7 nitrogen and oxygen atoms in total. The average Bonchev–Trinajstić information content (AvgIpc) is 3.28. The number of anilines is 1. The molecule has 0 saturated carbocycles. The third-order valence-corrected chi connectivity index (χ3v) is 14.2. The van der Waals surface area contributed by atoms with Gasteiger partial charge in [-0.1, -0.05) is 97.4 Å². The van der Waals surface area contributed by atoms with Crippen LogP contribution in [0, 0.1) is 6.92 Å². The lowest BCUT2D eigenvalue weighted by atomic mass is 10.2. The Kier molecular flexibility index (Phi) is 8.28. The SMILES string of the molecule is Cc1nc(N(C)CCO[Si](c2ccccc2)(c2ccccc2)C(C)(C)C)ccc1-n1c(=O)n(C)c2cnc3ccc(Br)cc3c21. The molecule has 0 saturated heterocycles. The highest BCUT2D eigenvalue weighted by atomic mass is 79.9. The van der Waals surface area contributed by atoms with Crippen LogP contribution in [0.5, 0.6) is 0 Å². The summed E-state index contributed by atoms with van der Waals surface area (Å²) in [5, 5.41) is 3.34. The molecule has 0 N–H and O–H groups in total. The van der Waals surface area contributed by atoms with Crippen LogP contribution in [0.4, 0.5) is 5.82 Å². The first-order valence-electron chi connectivity index (χ1n) is 15.1. The van der Waals surface area contributed by atoms with E-state index in [1.807, 2.05) is 44.3 Å². The van der Waals surface area contributed by atoms with Gasteiger partial charge in [0.2, 0.25) is 0 Å². The fourth-order valence-corrected chi connectivity index (χ4v) is 11.3. The van der Waals surface area contributed by atoms with Gasteiger partial charge < -0.3 is 9.33 Å². The second-order valence-electron chi connectivity index (χ2n) is 12.5. The minimum atomic E-state index is -2.63. The molecule has 0 spiro atoms. The van der Waals surface area contributed by atoms with Crippen LogP contribution >= 0.6 is 15.9 Å². The molecule has 230 valence electrons. The van der Waals surface area contributed by atoms with Crippen LogP contribution in [0.3, 0.4) is 0 Å². The normalized spacial score (nSPS) is 12.2. The van der Waals surface area contributed by atoms with Gasteiger partial charge in [-0.2, -0.15) is 0 Å². The van der Waals surface area contributed by atoms with E-state index in [0.717, 1.165) is 43.6 Å². The van der Waals surface area contributed by atoms with Gasteiger partial charge >= 0.3 is 5.69 Å². The fraction of sp³-hybridized carbons (Fsp3) is 0.250. The number of aryl methyl sites for hydroxylation is 2. The summed E-state index contributed by atoms with van der Waals surface area (Å²) < 4.78 is 11.4. The molecule has 0 unspecified atom stereocenters. The van der Waals surface area contributed by atoms with E-state index in [9.17, 15) is 4.79 Å². The third-order valence-electron chi connectivity index (χ3n) is 8.68. The molecule has 6 aromatic rings. The quantitative estimate of drug-likeness (QED) is 0.175. The zero-order valence-corrected chi connectivity index (χ0v) is 29.2. The number of aromatic nitrogens is 4. The maximum Gasteiger partial charge on any atom is 0.333 e. The Bertz CT molecular complexity index is 2010. The van der Waals surface area contributed by atoms with E-state index >= 15 is 0 Å². The van der Waals surface area contributed by atoms with Crippen LogP contribution in [0.1, 0.15) is 26.5 Å². The number of rotatable bonds is 8. The lowest BCUT2D eigenvalue weighted by Gasteiger charge is -2.43. The molecular weight excluding hydrogens is 642 g/mol. The van der Waals surface area contributed by atoms with Gasteiger partial charge in [-0.25, -0.2) is 9.78 Å². The molecule has 0 atom stereocenters. The Morgan fingerprint density at radius 3 is 2.18 bits per heavy atom. The molecule has 45 heavy (non-hydrogen) atoms. The zero-order valence-electron chi connectivity index (χ0n) is 26.6. The van der Waals surface area contributed by atoms with Gasteiger partial charge in [0.15, 0.2) is 0 Å². The average molecular weight is 681 g/mol. The maximum atomic E-state index is 13.6. The summed E-state index contributed by atoms with van der Waals surface area (Å²) in [5.74, 6) is 0.824. The van der Waals surface area contributed by atoms with E-state index in [-0.39, 0.29) is 10.7 Å². The predicted molar refractivity (Wildman–Crippen MR) is 191 cm³/mol. The molecule has 3 aromatic carbocycles. The van der Waals surface area contributed by atoms with Crippen molar-refractivity contribution in [3.05, 3.63) is 118 Å². The lowest BCUT2D eigenvalue weighted by Crippen LogP contribution is -2.67. The predicted octanol–water partition coefficient (Wildman–Crippen LogP) is 6.36. The Morgan fingerprint density at radius 2 is 1.58 bits per heavy atom. The number of likely N-dealkylation sites (N-methyl/N-ethyl adjacent to an activating group) is 1. The number of halogens is 1. The summed E-state index contributed by atoms with van der Waals surface area (Å²) in [6, 6.07) is 31.3. The Hall–Kier alpha value is -4.05. The molecule has 3 heterocycles. The summed E-state index contributed by atoms with van der Waals surface area (Å²) in [4.78, 5) is 25.3. The van der Waals surface area contributed by atoms with Crippen molar-refractivity contribution < 1.29 is 4.43 Å². The van der Waals surface area contributed by atoms with Crippen LogP contribution < -0.4 is 21.0 Å². The smallest absolute Gasteiger partial charge is 0.333 e. The van der Waals surface area contributed by atoms with Crippen molar-refractivity contribution in [2.45, 2.75) is 32.7 Å². The second kappa shape index (κ2) is 12.0. The number of nitrogens with zero attached hydrogens (tertiary/aromatic N) is 5. The molecule has 0 aliphatic rings. The van der Waals surface area contributed by atoms with Crippen molar-refractivity contribution in [2.75, 3.05) is 25.1 Å². The van der Waals surface area contributed by atoms with Gasteiger partial charge in [-0.05, 0) is 52.7 Å². The Morgan fingerprint density at radius 1 is 0.933 bits per heavy atom. The summed E-state index contributed by atoms with van der Waals surface area (Å²) >= 11 is 3.59. The number of benzene rings is 3. The van der Waals surface area contributed by atoms with Crippen LogP contribution in [-0.4, -0.2) is 47.6 Å². The highest BCUT2D eigenvalue weighted by Gasteiger charge is 2.50. The zero-order chi connectivity index (χ0) is 31.9. The maximum absolute atomic E-state index is 13.6. The lowest BCUT2D eigenvalue weighted by molar-refractivity contribution is 0.305. The Labute approximate surface area is 273 Å². The van der Waals surface area contributed by atoms with Crippen LogP contribution in [0.2, 0.25) is 5.04 Å². The van der Waals surface area contributed by atoms with E-state index in [0.29, 0.717) is 13.2 Å². The summed E-state index contributed by atoms with van der Waals surface area (Å²) in [6.45, 7) is 10.0. The minimum absolute atomic E-state index is 0.0915. The van der Waals surface area contributed by atoms with Crippen molar-refractivity contribution in [1.82, 2.24) is 19.1 Å². The topological polar surface area (TPSA) is 65.2 Å². The number of hydrogen-bond donors (Lipinski definition) is 0. The highest BCUT2D eigenvalue weighted by molar-refractivity contribution is 9.10. The van der Waals surface area contributed by atoms with Crippen LogP contribution in [-0.2, 0) is 11.5 Å². The summed E-state index contributed by atoms with van der Waals surface area (Å²) in [7, 11) is 1.19. The molecule has 0 aliphatic carbocycles. The van der Waals surface area contributed by atoms with E-state index in [1.165, 1.54) is 10.4 Å².